The van der Waals surface area contributed by atoms with Gasteiger partial charge in [0, 0.05) is 25.0 Å². The summed E-state index contributed by atoms with van der Waals surface area (Å²) in [6.07, 6.45) is 3.97. The minimum atomic E-state index is -0.896. The maximum Gasteiger partial charge on any atom is 0.315 e. The number of carbonyl (C=O) groups is 2. The van der Waals surface area contributed by atoms with Crippen molar-refractivity contribution in [1.82, 2.24) is 20.4 Å². The lowest BCUT2D eigenvalue weighted by Gasteiger charge is -2.16. The average Bonchev–Trinajstić information content (AvgIpc) is 2.81. The van der Waals surface area contributed by atoms with Crippen molar-refractivity contribution in [1.29, 1.82) is 0 Å². The van der Waals surface area contributed by atoms with Crippen LogP contribution in [0, 0.1) is 5.92 Å². The summed E-state index contributed by atoms with van der Waals surface area (Å²) in [4.78, 5) is 22.4. The highest BCUT2D eigenvalue weighted by atomic mass is 16.4. The molecule has 1 rings (SSSR count). The lowest BCUT2D eigenvalue weighted by Crippen LogP contribution is -2.44. The number of aromatic nitrogens is 2. The van der Waals surface area contributed by atoms with Gasteiger partial charge in [-0.15, -0.1) is 0 Å². The van der Waals surface area contributed by atoms with Crippen LogP contribution in [0.25, 0.3) is 0 Å². The Morgan fingerprint density at radius 1 is 1.47 bits per heavy atom. The number of urea groups is 1. The summed E-state index contributed by atoms with van der Waals surface area (Å²) in [7, 11) is 0. The van der Waals surface area contributed by atoms with E-state index in [0.29, 0.717) is 13.0 Å². The van der Waals surface area contributed by atoms with Gasteiger partial charge >= 0.3 is 12.0 Å². The van der Waals surface area contributed by atoms with Gasteiger partial charge in [-0.2, -0.15) is 5.10 Å². The third-order valence-corrected chi connectivity index (χ3v) is 2.75. The van der Waals surface area contributed by atoms with Gasteiger partial charge in [0.2, 0.25) is 0 Å². The Hall–Kier alpha value is -2.05. The molecule has 1 aromatic heterocycles. The van der Waals surface area contributed by atoms with E-state index in [4.69, 9.17) is 5.11 Å². The Morgan fingerprint density at radius 2 is 2.21 bits per heavy atom. The second kappa shape index (κ2) is 7.40. The van der Waals surface area contributed by atoms with Crippen LogP contribution in [-0.2, 0) is 11.3 Å². The number of amides is 2. The molecule has 0 aliphatic rings. The molecule has 7 heteroatoms. The van der Waals surface area contributed by atoms with E-state index in [1.807, 2.05) is 19.2 Å². The topological polar surface area (TPSA) is 96.3 Å². The van der Waals surface area contributed by atoms with Gasteiger partial charge < -0.3 is 15.7 Å². The first-order valence-electron chi connectivity index (χ1n) is 6.27. The first-order valence-corrected chi connectivity index (χ1v) is 6.27. The summed E-state index contributed by atoms with van der Waals surface area (Å²) in [6.45, 7) is 4.33. The minimum Gasteiger partial charge on any atom is -0.481 e. The van der Waals surface area contributed by atoms with E-state index in [9.17, 15) is 9.59 Å². The SMILES string of the molecule is CCC(CNC(=O)NC(C)Cn1cccn1)C(=O)O. The summed E-state index contributed by atoms with van der Waals surface area (Å²) >= 11 is 0. The normalized spacial score (nSPS) is 13.6. The predicted molar refractivity (Wildman–Crippen MR) is 69.6 cm³/mol. The molecule has 0 spiro atoms. The summed E-state index contributed by atoms with van der Waals surface area (Å²) in [5.74, 6) is -1.44. The zero-order valence-electron chi connectivity index (χ0n) is 11.2. The smallest absolute Gasteiger partial charge is 0.315 e. The van der Waals surface area contributed by atoms with Crippen molar-refractivity contribution in [2.24, 2.45) is 5.92 Å². The third kappa shape index (κ3) is 5.41. The maximum absolute atomic E-state index is 11.6. The maximum atomic E-state index is 11.6. The van der Waals surface area contributed by atoms with Crippen molar-refractivity contribution >= 4 is 12.0 Å². The van der Waals surface area contributed by atoms with Gasteiger partial charge in [0.25, 0.3) is 0 Å². The van der Waals surface area contributed by atoms with Crippen LogP contribution in [0.15, 0.2) is 18.5 Å². The first kappa shape index (κ1) is 15.0. The summed E-state index contributed by atoms with van der Waals surface area (Å²) < 4.78 is 1.72. The number of carbonyl (C=O) groups excluding carboxylic acids is 1. The van der Waals surface area contributed by atoms with Crippen LogP contribution in [-0.4, -0.2) is 39.5 Å². The minimum absolute atomic E-state index is 0.0928. The van der Waals surface area contributed by atoms with Crippen LogP contribution in [0.4, 0.5) is 4.79 Å². The molecule has 2 amide bonds. The van der Waals surface area contributed by atoms with E-state index in [1.54, 1.807) is 17.8 Å². The average molecular weight is 268 g/mol. The van der Waals surface area contributed by atoms with Crippen molar-refractivity contribution in [2.75, 3.05) is 6.54 Å². The van der Waals surface area contributed by atoms with Gasteiger partial charge in [-0.25, -0.2) is 4.79 Å². The van der Waals surface area contributed by atoms with Gasteiger partial charge in [0.05, 0.1) is 12.5 Å². The predicted octanol–water partition coefficient (Wildman–Crippen LogP) is 0.682. The monoisotopic (exact) mass is 268 g/mol. The Kier molecular flexibility index (Phi) is 5.84. The van der Waals surface area contributed by atoms with Gasteiger partial charge in [0.1, 0.15) is 0 Å². The molecule has 0 saturated carbocycles. The van der Waals surface area contributed by atoms with E-state index < -0.39 is 11.9 Å². The molecule has 3 N–H and O–H groups in total. The van der Waals surface area contributed by atoms with E-state index in [2.05, 4.69) is 15.7 Å². The van der Waals surface area contributed by atoms with Crippen molar-refractivity contribution < 1.29 is 14.7 Å². The molecule has 7 nitrogen and oxygen atoms in total. The second-order valence-electron chi connectivity index (χ2n) is 4.43. The molecular formula is C12H20N4O3. The number of hydrogen-bond donors (Lipinski definition) is 3. The molecule has 106 valence electrons. The highest BCUT2D eigenvalue weighted by Crippen LogP contribution is 2.00. The highest BCUT2D eigenvalue weighted by Gasteiger charge is 2.16. The van der Waals surface area contributed by atoms with Crippen LogP contribution in [0.3, 0.4) is 0 Å². The molecule has 0 bridgehead atoms. The zero-order valence-corrected chi connectivity index (χ0v) is 11.2. The molecule has 0 aliphatic carbocycles. The first-order chi connectivity index (χ1) is 9.02. The fraction of sp³-hybridized carbons (Fsp3) is 0.583. The standard InChI is InChI=1S/C12H20N4O3/c1-3-10(11(17)18)7-13-12(19)15-9(2)8-16-6-4-5-14-16/h4-6,9-10H,3,7-8H2,1-2H3,(H,17,18)(H2,13,15,19). The second-order valence-corrected chi connectivity index (χ2v) is 4.43. The summed E-state index contributed by atoms with van der Waals surface area (Å²) in [5, 5.41) is 18.2. The van der Waals surface area contributed by atoms with E-state index in [1.165, 1.54) is 0 Å². The summed E-state index contributed by atoms with van der Waals surface area (Å²) in [5.41, 5.74) is 0. The Morgan fingerprint density at radius 3 is 2.74 bits per heavy atom. The van der Waals surface area contributed by atoms with Gasteiger partial charge in [-0.1, -0.05) is 6.92 Å². The Balaban J connectivity index is 2.28. The highest BCUT2D eigenvalue weighted by molar-refractivity contribution is 5.76. The number of aliphatic carboxylic acids is 1. The summed E-state index contributed by atoms with van der Waals surface area (Å²) in [6, 6.07) is 1.36. The van der Waals surface area contributed by atoms with Crippen LogP contribution in [0.1, 0.15) is 20.3 Å². The molecule has 0 aromatic carbocycles. The fourth-order valence-electron chi connectivity index (χ4n) is 1.63. The van der Waals surface area contributed by atoms with Gasteiger partial charge in [-0.05, 0) is 19.4 Å². The number of nitrogens with one attached hydrogen (secondary N) is 2. The lowest BCUT2D eigenvalue weighted by molar-refractivity contribution is -0.141. The molecule has 0 aliphatic heterocycles. The number of rotatable bonds is 7. The molecule has 0 radical (unpaired) electrons. The van der Waals surface area contributed by atoms with E-state index >= 15 is 0 Å². The Labute approximate surface area is 112 Å². The van der Waals surface area contributed by atoms with Crippen LogP contribution >= 0.6 is 0 Å². The third-order valence-electron chi connectivity index (χ3n) is 2.75. The quantitative estimate of drug-likeness (QED) is 0.677. The van der Waals surface area contributed by atoms with Gasteiger partial charge in [0.15, 0.2) is 0 Å². The number of carboxylic acid groups (broad SMARTS) is 1. The van der Waals surface area contributed by atoms with Crippen molar-refractivity contribution in [3.8, 4) is 0 Å². The number of carboxylic acids is 1. The van der Waals surface area contributed by atoms with Crippen molar-refractivity contribution in [3.05, 3.63) is 18.5 Å². The molecular weight excluding hydrogens is 248 g/mol. The van der Waals surface area contributed by atoms with Gasteiger partial charge in [-0.3, -0.25) is 9.48 Å². The molecule has 1 heterocycles. The Bertz CT molecular complexity index is 405. The van der Waals surface area contributed by atoms with Crippen LogP contribution in [0.2, 0.25) is 0 Å². The van der Waals surface area contributed by atoms with Crippen LogP contribution in [0.5, 0.6) is 0 Å². The van der Waals surface area contributed by atoms with Crippen molar-refractivity contribution in [3.63, 3.8) is 0 Å². The number of hydrogen-bond acceptors (Lipinski definition) is 3. The lowest BCUT2D eigenvalue weighted by atomic mass is 10.1. The largest absolute Gasteiger partial charge is 0.481 e. The molecule has 0 fully saturated rings. The van der Waals surface area contributed by atoms with E-state index in [0.717, 1.165) is 0 Å². The molecule has 2 atom stereocenters. The zero-order chi connectivity index (χ0) is 14.3. The molecule has 2 unspecified atom stereocenters. The fourth-order valence-corrected chi connectivity index (χ4v) is 1.63. The van der Waals surface area contributed by atoms with E-state index in [-0.39, 0.29) is 18.6 Å². The molecule has 19 heavy (non-hydrogen) atoms. The van der Waals surface area contributed by atoms with Crippen molar-refractivity contribution in [2.45, 2.75) is 32.9 Å². The molecule has 0 saturated heterocycles. The number of nitrogens with zero attached hydrogens (tertiary/aromatic N) is 2. The molecule has 1 aromatic rings. The van der Waals surface area contributed by atoms with Crippen LogP contribution < -0.4 is 10.6 Å².